The molecule has 22 heavy (non-hydrogen) atoms. The van der Waals surface area contributed by atoms with Gasteiger partial charge in [0.1, 0.15) is 0 Å². The van der Waals surface area contributed by atoms with E-state index in [0.29, 0.717) is 6.79 Å². The van der Waals surface area contributed by atoms with Crippen LogP contribution in [0.2, 0.25) is 0 Å². The number of nitrogen functional groups attached to an aromatic ring is 1. The summed E-state index contributed by atoms with van der Waals surface area (Å²) in [7, 11) is 0. The monoisotopic (exact) mass is 310 g/mol. The van der Waals surface area contributed by atoms with Crippen LogP contribution in [0, 0.1) is 0 Å². The molecule has 4 rings (SSSR count). The molecule has 4 nitrogen and oxygen atoms in total. The number of thiazole rings is 1. The van der Waals surface area contributed by atoms with E-state index in [2.05, 4.69) is 11.4 Å². The van der Waals surface area contributed by atoms with Gasteiger partial charge in [0.05, 0.1) is 10.7 Å². The first kappa shape index (κ1) is 13.2. The van der Waals surface area contributed by atoms with E-state index in [-0.39, 0.29) is 0 Å². The minimum Gasteiger partial charge on any atom is -0.454 e. The fourth-order valence-electron chi connectivity index (χ4n) is 2.45. The minimum atomic E-state index is 0.301. The van der Waals surface area contributed by atoms with Crippen LogP contribution in [0.5, 0.6) is 11.5 Å². The Morgan fingerprint density at radius 1 is 1.09 bits per heavy atom. The zero-order chi connectivity index (χ0) is 14.9. The highest BCUT2D eigenvalue weighted by Gasteiger charge is 2.14. The van der Waals surface area contributed by atoms with Crippen LogP contribution in [0.25, 0.3) is 11.3 Å². The normalized spacial score (nSPS) is 12.5. The molecule has 110 valence electrons. The van der Waals surface area contributed by atoms with Crippen molar-refractivity contribution in [2.45, 2.75) is 6.42 Å². The first-order chi connectivity index (χ1) is 10.8. The van der Waals surface area contributed by atoms with Gasteiger partial charge >= 0.3 is 0 Å². The highest BCUT2D eigenvalue weighted by atomic mass is 32.1. The molecule has 1 aromatic heterocycles. The van der Waals surface area contributed by atoms with Crippen LogP contribution in [-0.2, 0) is 6.42 Å². The Hall–Kier alpha value is -2.53. The second kappa shape index (κ2) is 5.35. The second-order valence-electron chi connectivity index (χ2n) is 5.12. The summed E-state index contributed by atoms with van der Waals surface area (Å²) >= 11 is 1.65. The quantitative estimate of drug-likeness (QED) is 0.749. The topological polar surface area (TPSA) is 57.4 Å². The average Bonchev–Trinajstić information content (AvgIpc) is 3.16. The van der Waals surface area contributed by atoms with E-state index >= 15 is 0 Å². The first-order valence-corrected chi connectivity index (χ1v) is 7.85. The van der Waals surface area contributed by atoms with Crippen LogP contribution < -0.4 is 15.2 Å². The third-order valence-corrected chi connectivity index (χ3v) is 4.38. The minimum absolute atomic E-state index is 0.301. The largest absolute Gasteiger partial charge is 0.454 e. The Morgan fingerprint density at radius 2 is 2.00 bits per heavy atom. The van der Waals surface area contributed by atoms with Gasteiger partial charge in [0.15, 0.2) is 11.5 Å². The van der Waals surface area contributed by atoms with Crippen molar-refractivity contribution >= 4 is 17.0 Å². The average molecular weight is 310 g/mol. The molecule has 1 aliphatic rings. The molecule has 0 radical (unpaired) electrons. The molecule has 5 heteroatoms. The van der Waals surface area contributed by atoms with Gasteiger partial charge in [-0.1, -0.05) is 18.2 Å². The Labute approximate surface area is 132 Å². The summed E-state index contributed by atoms with van der Waals surface area (Å²) in [4.78, 5) is 4.70. The molecule has 2 heterocycles. The van der Waals surface area contributed by atoms with E-state index in [4.69, 9.17) is 20.2 Å². The molecule has 0 atom stereocenters. The molecule has 0 aliphatic carbocycles. The molecule has 0 bridgehead atoms. The number of rotatable bonds is 3. The molecule has 0 fully saturated rings. The van der Waals surface area contributed by atoms with Gasteiger partial charge < -0.3 is 15.2 Å². The lowest BCUT2D eigenvalue weighted by molar-refractivity contribution is 0.174. The highest BCUT2D eigenvalue weighted by molar-refractivity contribution is 7.10. The van der Waals surface area contributed by atoms with Crippen molar-refractivity contribution in [3.8, 4) is 22.8 Å². The number of ether oxygens (including phenoxy) is 2. The SMILES string of the molecule is Nc1cccc(-c2csc(Cc3ccc4c(c3)OCO4)n2)c1. The fourth-order valence-corrected chi connectivity index (χ4v) is 3.29. The summed E-state index contributed by atoms with van der Waals surface area (Å²) < 4.78 is 10.7. The number of aromatic nitrogens is 1. The molecular weight excluding hydrogens is 296 g/mol. The predicted octanol–water partition coefficient (Wildman–Crippen LogP) is 3.71. The third-order valence-electron chi connectivity index (χ3n) is 3.53. The molecule has 0 spiro atoms. The van der Waals surface area contributed by atoms with E-state index in [1.165, 1.54) is 0 Å². The van der Waals surface area contributed by atoms with Gasteiger partial charge in [-0.25, -0.2) is 4.98 Å². The zero-order valence-electron chi connectivity index (χ0n) is 11.8. The number of anilines is 1. The summed E-state index contributed by atoms with van der Waals surface area (Å²) in [5.41, 5.74) is 9.76. The van der Waals surface area contributed by atoms with Crippen LogP contribution in [0.15, 0.2) is 47.8 Å². The molecule has 0 saturated carbocycles. The maximum atomic E-state index is 5.83. The summed E-state index contributed by atoms with van der Waals surface area (Å²) in [6.45, 7) is 0.301. The van der Waals surface area contributed by atoms with Gasteiger partial charge in [-0.2, -0.15) is 0 Å². The van der Waals surface area contributed by atoms with E-state index in [9.17, 15) is 0 Å². The lowest BCUT2D eigenvalue weighted by Crippen LogP contribution is -1.93. The van der Waals surface area contributed by atoms with E-state index in [1.807, 2.05) is 36.4 Å². The van der Waals surface area contributed by atoms with E-state index in [1.54, 1.807) is 11.3 Å². The third kappa shape index (κ3) is 2.51. The van der Waals surface area contributed by atoms with Gasteiger partial charge in [-0.3, -0.25) is 0 Å². The molecular formula is C17H14N2O2S. The smallest absolute Gasteiger partial charge is 0.231 e. The predicted molar refractivity (Wildman–Crippen MR) is 87.3 cm³/mol. The van der Waals surface area contributed by atoms with Crippen molar-refractivity contribution < 1.29 is 9.47 Å². The summed E-state index contributed by atoms with van der Waals surface area (Å²) in [6, 6.07) is 13.8. The Balaban J connectivity index is 1.57. The summed E-state index contributed by atoms with van der Waals surface area (Å²) in [6.07, 6.45) is 0.781. The Morgan fingerprint density at radius 3 is 2.91 bits per heavy atom. The number of benzene rings is 2. The van der Waals surface area contributed by atoms with Gasteiger partial charge in [-0.15, -0.1) is 11.3 Å². The molecule has 1 aliphatic heterocycles. The van der Waals surface area contributed by atoms with Crippen molar-refractivity contribution in [3.63, 3.8) is 0 Å². The highest BCUT2D eigenvalue weighted by Crippen LogP contribution is 2.33. The number of hydrogen-bond donors (Lipinski definition) is 1. The van der Waals surface area contributed by atoms with Gasteiger partial charge in [0.25, 0.3) is 0 Å². The summed E-state index contributed by atoms with van der Waals surface area (Å²) in [5.74, 6) is 1.62. The number of fused-ring (bicyclic) bond motifs is 1. The van der Waals surface area contributed by atoms with E-state index in [0.717, 1.165) is 45.4 Å². The Bertz CT molecular complexity index is 829. The van der Waals surface area contributed by atoms with Gasteiger partial charge in [0, 0.05) is 23.1 Å². The molecule has 0 amide bonds. The zero-order valence-corrected chi connectivity index (χ0v) is 12.6. The number of hydrogen-bond acceptors (Lipinski definition) is 5. The molecule has 0 unspecified atom stereocenters. The lowest BCUT2D eigenvalue weighted by atomic mass is 10.1. The first-order valence-electron chi connectivity index (χ1n) is 6.97. The van der Waals surface area contributed by atoms with Crippen molar-refractivity contribution in [3.05, 3.63) is 58.4 Å². The van der Waals surface area contributed by atoms with Crippen molar-refractivity contribution in [1.29, 1.82) is 0 Å². The number of nitrogens with zero attached hydrogens (tertiary/aromatic N) is 1. The standard InChI is InChI=1S/C17H14N2O2S/c18-13-3-1-2-12(8-13)14-9-22-17(19-14)7-11-4-5-15-16(6-11)21-10-20-15/h1-6,8-9H,7,10,18H2. The van der Waals surface area contributed by atoms with Crippen molar-refractivity contribution in [2.24, 2.45) is 0 Å². The van der Waals surface area contributed by atoms with Crippen LogP contribution >= 0.6 is 11.3 Å². The molecule has 2 aromatic carbocycles. The fraction of sp³-hybridized carbons (Fsp3) is 0.118. The number of nitrogens with two attached hydrogens (primary N) is 1. The lowest BCUT2D eigenvalue weighted by Gasteiger charge is -2.01. The Kier molecular flexibility index (Phi) is 3.20. The van der Waals surface area contributed by atoms with Crippen LogP contribution in [0.1, 0.15) is 10.6 Å². The van der Waals surface area contributed by atoms with Gasteiger partial charge in [-0.05, 0) is 29.8 Å². The van der Waals surface area contributed by atoms with Crippen LogP contribution in [0.3, 0.4) is 0 Å². The van der Waals surface area contributed by atoms with Crippen LogP contribution in [-0.4, -0.2) is 11.8 Å². The van der Waals surface area contributed by atoms with Gasteiger partial charge in [0.2, 0.25) is 6.79 Å². The molecule has 3 aromatic rings. The van der Waals surface area contributed by atoms with Crippen molar-refractivity contribution in [1.82, 2.24) is 4.98 Å². The van der Waals surface area contributed by atoms with E-state index < -0.39 is 0 Å². The molecule has 2 N–H and O–H groups in total. The summed E-state index contributed by atoms with van der Waals surface area (Å²) in [5, 5.41) is 3.13. The molecule has 0 saturated heterocycles. The van der Waals surface area contributed by atoms with Crippen molar-refractivity contribution in [2.75, 3.05) is 12.5 Å². The second-order valence-corrected chi connectivity index (χ2v) is 6.06. The maximum Gasteiger partial charge on any atom is 0.231 e. The van der Waals surface area contributed by atoms with Crippen LogP contribution in [0.4, 0.5) is 5.69 Å². The maximum absolute atomic E-state index is 5.83.